The van der Waals surface area contributed by atoms with Gasteiger partial charge < -0.3 is 15.5 Å². The molecule has 0 spiro atoms. The molecular formula is C13H12BrFN2O2. The van der Waals surface area contributed by atoms with E-state index in [1.807, 2.05) is 0 Å². The largest absolute Gasteiger partial charge is 0.467 e. The van der Waals surface area contributed by atoms with Gasteiger partial charge in [0.15, 0.2) is 0 Å². The van der Waals surface area contributed by atoms with E-state index in [9.17, 15) is 9.18 Å². The average molecular weight is 327 g/mol. The van der Waals surface area contributed by atoms with Crippen molar-refractivity contribution in [2.75, 3.05) is 5.73 Å². The van der Waals surface area contributed by atoms with Crippen LogP contribution in [-0.4, -0.2) is 5.91 Å². The summed E-state index contributed by atoms with van der Waals surface area (Å²) in [5.41, 5.74) is 5.66. The van der Waals surface area contributed by atoms with Crippen molar-refractivity contribution in [1.29, 1.82) is 0 Å². The fourth-order valence-corrected chi connectivity index (χ4v) is 2.12. The van der Waals surface area contributed by atoms with Gasteiger partial charge in [0.1, 0.15) is 11.6 Å². The van der Waals surface area contributed by atoms with Crippen LogP contribution >= 0.6 is 15.9 Å². The van der Waals surface area contributed by atoms with Crippen molar-refractivity contribution in [2.45, 2.75) is 13.0 Å². The standard InChI is InChI=1S/C13H12BrFN2O2/c1-7(12-3-2-4-19-12)17-13(18)8-5-11(16)10(15)6-9(8)14/h2-7H,16H2,1H3,(H,17,18). The van der Waals surface area contributed by atoms with Gasteiger partial charge in [-0.3, -0.25) is 4.79 Å². The molecule has 0 aliphatic rings. The van der Waals surface area contributed by atoms with Gasteiger partial charge in [0.25, 0.3) is 5.91 Å². The first-order chi connectivity index (χ1) is 8.99. The molecule has 100 valence electrons. The number of furan rings is 1. The molecular weight excluding hydrogens is 315 g/mol. The Morgan fingerprint density at radius 1 is 1.53 bits per heavy atom. The zero-order valence-electron chi connectivity index (χ0n) is 10.1. The Bertz CT molecular complexity index is 599. The lowest BCUT2D eigenvalue weighted by Gasteiger charge is -2.13. The summed E-state index contributed by atoms with van der Waals surface area (Å²) in [4.78, 5) is 12.1. The van der Waals surface area contributed by atoms with Crippen LogP contribution in [0.15, 0.2) is 39.4 Å². The van der Waals surface area contributed by atoms with Crippen molar-refractivity contribution in [2.24, 2.45) is 0 Å². The quantitative estimate of drug-likeness (QED) is 0.850. The Balaban J connectivity index is 2.19. The van der Waals surface area contributed by atoms with E-state index in [1.165, 1.54) is 18.4 Å². The fraction of sp³-hybridized carbons (Fsp3) is 0.154. The minimum Gasteiger partial charge on any atom is -0.467 e. The summed E-state index contributed by atoms with van der Waals surface area (Å²) in [6.45, 7) is 1.79. The number of hydrogen-bond acceptors (Lipinski definition) is 3. The van der Waals surface area contributed by atoms with Crippen LogP contribution in [0, 0.1) is 5.82 Å². The Kier molecular flexibility index (Phi) is 3.90. The van der Waals surface area contributed by atoms with Crippen molar-refractivity contribution >= 4 is 27.5 Å². The summed E-state index contributed by atoms with van der Waals surface area (Å²) in [5.74, 6) is -0.287. The highest BCUT2D eigenvalue weighted by Crippen LogP contribution is 2.23. The molecule has 1 unspecified atom stereocenters. The summed E-state index contributed by atoms with van der Waals surface area (Å²) in [6, 6.07) is 5.68. The molecule has 2 rings (SSSR count). The summed E-state index contributed by atoms with van der Waals surface area (Å²) >= 11 is 3.14. The van der Waals surface area contributed by atoms with Crippen LogP contribution in [-0.2, 0) is 0 Å². The number of rotatable bonds is 3. The van der Waals surface area contributed by atoms with Gasteiger partial charge >= 0.3 is 0 Å². The van der Waals surface area contributed by atoms with E-state index < -0.39 is 5.82 Å². The zero-order valence-corrected chi connectivity index (χ0v) is 11.7. The molecule has 0 bridgehead atoms. The second-order valence-corrected chi connectivity index (χ2v) is 4.92. The van der Waals surface area contributed by atoms with E-state index in [0.717, 1.165) is 0 Å². The fourth-order valence-electron chi connectivity index (χ4n) is 1.62. The third kappa shape index (κ3) is 2.96. The van der Waals surface area contributed by atoms with Crippen molar-refractivity contribution < 1.29 is 13.6 Å². The van der Waals surface area contributed by atoms with Crippen molar-refractivity contribution in [3.05, 3.63) is 52.1 Å². The van der Waals surface area contributed by atoms with Gasteiger partial charge in [0.05, 0.1) is 23.6 Å². The SMILES string of the molecule is CC(NC(=O)c1cc(N)c(F)cc1Br)c1ccco1. The maximum Gasteiger partial charge on any atom is 0.253 e. The van der Waals surface area contributed by atoms with Crippen molar-refractivity contribution in [3.8, 4) is 0 Å². The summed E-state index contributed by atoms with van der Waals surface area (Å²) in [7, 11) is 0. The molecule has 0 aliphatic heterocycles. The predicted octanol–water partition coefficient (Wildman–Crippen LogP) is 3.25. The van der Waals surface area contributed by atoms with E-state index in [2.05, 4.69) is 21.2 Å². The summed E-state index contributed by atoms with van der Waals surface area (Å²) in [6.07, 6.45) is 1.53. The van der Waals surface area contributed by atoms with Crippen LogP contribution in [0.5, 0.6) is 0 Å². The first-order valence-electron chi connectivity index (χ1n) is 5.58. The highest BCUT2D eigenvalue weighted by molar-refractivity contribution is 9.10. The minimum absolute atomic E-state index is 0.0704. The number of benzene rings is 1. The lowest BCUT2D eigenvalue weighted by molar-refractivity contribution is 0.0934. The molecule has 1 atom stereocenters. The maximum absolute atomic E-state index is 13.2. The number of carbonyl (C=O) groups is 1. The summed E-state index contributed by atoms with van der Waals surface area (Å²) in [5, 5.41) is 2.75. The lowest BCUT2D eigenvalue weighted by Crippen LogP contribution is -2.26. The third-order valence-electron chi connectivity index (χ3n) is 2.65. The monoisotopic (exact) mass is 326 g/mol. The molecule has 2 aromatic rings. The molecule has 1 aromatic heterocycles. The van der Waals surface area contributed by atoms with Crippen molar-refractivity contribution in [1.82, 2.24) is 5.32 Å². The molecule has 6 heteroatoms. The summed E-state index contributed by atoms with van der Waals surface area (Å²) < 4.78 is 18.8. The molecule has 0 saturated heterocycles. The maximum atomic E-state index is 13.2. The van der Waals surface area contributed by atoms with E-state index in [0.29, 0.717) is 10.2 Å². The van der Waals surface area contributed by atoms with Crippen LogP contribution in [0.3, 0.4) is 0 Å². The number of halogens is 2. The van der Waals surface area contributed by atoms with Crippen LogP contribution in [0.4, 0.5) is 10.1 Å². The Morgan fingerprint density at radius 2 is 2.26 bits per heavy atom. The molecule has 0 saturated carbocycles. The van der Waals surface area contributed by atoms with Gasteiger partial charge in [-0.2, -0.15) is 0 Å². The molecule has 0 fully saturated rings. The molecule has 0 aliphatic carbocycles. The van der Waals surface area contributed by atoms with Crippen LogP contribution in [0.2, 0.25) is 0 Å². The van der Waals surface area contributed by atoms with Crippen molar-refractivity contribution in [3.63, 3.8) is 0 Å². The van der Waals surface area contributed by atoms with Crippen LogP contribution in [0.25, 0.3) is 0 Å². The van der Waals surface area contributed by atoms with E-state index in [1.54, 1.807) is 19.1 Å². The number of anilines is 1. The van der Waals surface area contributed by atoms with Crippen LogP contribution < -0.4 is 11.1 Å². The van der Waals surface area contributed by atoms with E-state index in [-0.39, 0.29) is 23.2 Å². The number of hydrogen-bond donors (Lipinski definition) is 2. The van der Waals surface area contributed by atoms with E-state index in [4.69, 9.17) is 10.2 Å². The number of amides is 1. The minimum atomic E-state index is -0.567. The Morgan fingerprint density at radius 3 is 2.89 bits per heavy atom. The highest BCUT2D eigenvalue weighted by Gasteiger charge is 2.17. The number of nitrogens with two attached hydrogens (primary N) is 1. The smallest absolute Gasteiger partial charge is 0.253 e. The number of carbonyl (C=O) groups excluding carboxylic acids is 1. The Hall–Kier alpha value is -1.82. The van der Waals surface area contributed by atoms with Gasteiger partial charge in [-0.05, 0) is 47.1 Å². The van der Waals surface area contributed by atoms with Gasteiger partial charge in [0, 0.05) is 4.47 Å². The van der Waals surface area contributed by atoms with Gasteiger partial charge in [0.2, 0.25) is 0 Å². The number of nitrogen functional groups attached to an aromatic ring is 1. The normalized spacial score (nSPS) is 12.2. The topological polar surface area (TPSA) is 68.3 Å². The first-order valence-corrected chi connectivity index (χ1v) is 6.37. The molecule has 1 aromatic carbocycles. The third-order valence-corrected chi connectivity index (χ3v) is 3.30. The molecule has 3 N–H and O–H groups in total. The number of nitrogens with one attached hydrogen (secondary N) is 1. The zero-order chi connectivity index (χ0) is 14.0. The second-order valence-electron chi connectivity index (χ2n) is 4.06. The first kappa shape index (κ1) is 13.6. The molecule has 1 heterocycles. The van der Waals surface area contributed by atoms with Gasteiger partial charge in [-0.15, -0.1) is 0 Å². The molecule has 1 amide bonds. The molecule has 0 radical (unpaired) electrons. The van der Waals surface area contributed by atoms with Crippen LogP contribution in [0.1, 0.15) is 29.1 Å². The van der Waals surface area contributed by atoms with E-state index >= 15 is 0 Å². The predicted molar refractivity (Wildman–Crippen MR) is 73.1 cm³/mol. The van der Waals surface area contributed by atoms with Gasteiger partial charge in [-0.25, -0.2) is 4.39 Å². The Labute approximate surface area is 117 Å². The lowest BCUT2D eigenvalue weighted by atomic mass is 10.1. The second kappa shape index (κ2) is 5.44. The molecule has 4 nitrogen and oxygen atoms in total. The molecule has 19 heavy (non-hydrogen) atoms. The highest BCUT2D eigenvalue weighted by atomic mass is 79.9. The van der Waals surface area contributed by atoms with Gasteiger partial charge in [-0.1, -0.05) is 0 Å². The average Bonchev–Trinajstić information content (AvgIpc) is 2.87.